The zero-order valence-electron chi connectivity index (χ0n) is 8.47. The first-order chi connectivity index (χ1) is 7.58. The van der Waals surface area contributed by atoms with Crippen LogP contribution in [0.4, 0.5) is 0 Å². The molecule has 1 aromatic carbocycles. The fraction of sp³-hybridized carbons (Fsp3) is 0.0909. The summed E-state index contributed by atoms with van der Waals surface area (Å²) < 4.78 is 0. The first-order valence-electron chi connectivity index (χ1n) is 4.57. The molecule has 5 heteroatoms. The van der Waals surface area contributed by atoms with Crippen molar-refractivity contribution in [2.45, 2.75) is 6.92 Å². The van der Waals surface area contributed by atoms with Crippen LogP contribution in [-0.4, -0.2) is 21.2 Å². The molecule has 1 heterocycles. The van der Waals surface area contributed by atoms with Crippen molar-refractivity contribution in [2.24, 2.45) is 0 Å². The van der Waals surface area contributed by atoms with E-state index in [1.54, 1.807) is 6.07 Å². The largest absolute Gasteiger partial charge is 0.507 e. The first-order valence-corrected chi connectivity index (χ1v) is 5.44. The van der Waals surface area contributed by atoms with Crippen LogP contribution in [0.5, 0.6) is 5.75 Å². The molecule has 0 spiro atoms. The number of thiazole rings is 1. The number of aryl methyl sites for hydroxylation is 1. The predicted molar refractivity (Wildman–Crippen MR) is 60.9 cm³/mol. The van der Waals surface area contributed by atoms with Crippen molar-refractivity contribution in [1.82, 2.24) is 4.98 Å². The minimum Gasteiger partial charge on any atom is -0.507 e. The highest BCUT2D eigenvalue weighted by atomic mass is 32.1. The van der Waals surface area contributed by atoms with E-state index in [4.69, 9.17) is 5.11 Å². The van der Waals surface area contributed by atoms with Crippen LogP contribution in [0.15, 0.2) is 23.6 Å². The Bertz CT molecular complexity index is 548. The maximum absolute atomic E-state index is 10.8. The number of nitrogens with zero attached hydrogens (tertiary/aromatic N) is 1. The van der Waals surface area contributed by atoms with Crippen LogP contribution < -0.4 is 0 Å². The monoisotopic (exact) mass is 235 g/mol. The summed E-state index contributed by atoms with van der Waals surface area (Å²) in [5.41, 5.74) is 1.31. The van der Waals surface area contributed by atoms with E-state index in [1.165, 1.54) is 23.5 Å². The third kappa shape index (κ3) is 1.90. The molecule has 0 bridgehead atoms. The number of carboxylic acids is 1. The lowest BCUT2D eigenvalue weighted by molar-refractivity contribution is 0.0694. The minimum atomic E-state index is -1.15. The van der Waals surface area contributed by atoms with Crippen LogP contribution in [0, 0.1) is 6.92 Å². The molecule has 0 aliphatic rings. The standard InChI is InChI=1S/C11H9NO3S/c1-6-12-9(5-16-6)7-2-3-10(13)8(4-7)11(14)15/h2-5,13H,1H3,(H,14,15). The molecule has 4 nitrogen and oxygen atoms in total. The maximum Gasteiger partial charge on any atom is 0.339 e. The van der Waals surface area contributed by atoms with Crippen LogP contribution in [0.3, 0.4) is 0 Å². The predicted octanol–water partition coefficient (Wildman–Crippen LogP) is 2.52. The summed E-state index contributed by atoms with van der Waals surface area (Å²) in [6, 6.07) is 4.44. The normalized spacial score (nSPS) is 10.3. The Morgan fingerprint density at radius 1 is 1.44 bits per heavy atom. The van der Waals surface area contributed by atoms with Crippen molar-refractivity contribution >= 4 is 17.3 Å². The molecule has 1 aromatic heterocycles. The second kappa shape index (κ2) is 3.94. The van der Waals surface area contributed by atoms with Crippen LogP contribution in [-0.2, 0) is 0 Å². The number of phenols is 1. The highest BCUT2D eigenvalue weighted by molar-refractivity contribution is 7.09. The quantitative estimate of drug-likeness (QED) is 0.839. The van der Waals surface area contributed by atoms with Gasteiger partial charge in [0.1, 0.15) is 11.3 Å². The number of aromatic carboxylic acids is 1. The molecule has 0 atom stereocenters. The molecular formula is C11H9NO3S. The molecule has 2 aromatic rings. The zero-order valence-corrected chi connectivity index (χ0v) is 9.28. The molecule has 0 fully saturated rings. The van der Waals surface area contributed by atoms with Crippen molar-refractivity contribution in [1.29, 1.82) is 0 Å². The van der Waals surface area contributed by atoms with Crippen molar-refractivity contribution in [3.05, 3.63) is 34.2 Å². The molecule has 0 radical (unpaired) electrons. The first kappa shape index (κ1) is 10.6. The van der Waals surface area contributed by atoms with E-state index in [0.29, 0.717) is 5.56 Å². The lowest BCUT2D eigenvalue weighted by atomic mass is 10.1. The molecular weight excluding hydrogens is 226 g/mol. The number of hydrogen-bond acceptors (Lipinski definition) is 4. The summed E-state index contributed by atoms with van der Waals surface area (Å²) in [4.78, 5) is 15.1. The second-order valence-corrected chi connectivity index (χ2v) is 4.35. The fourth-order valence-corrected chi connectivity index (χ4v) is 1.98. The minimum absolute atomic E-state index is 0.108. The lowest BCUT2D eigenvalue weighted by Crippen LogP contribution is -1.97. The van der Waals surface area contributed by atoms with Crippen molar-refractivity contribution in [2.75, 3.05) is 0 Å². The van der Waals surface area contributed by atoms with Gasteiger partial charge in [0.25, 0.3) is 0 Å². The third-order valence-corrected chi connectivity index (χ3v) is 2.92. The third-order valence-electron chi connectivity index (χ3n) is 2.14. The molecule has 2 N–H and O–H groups in total. The number of carbonyl (C=O) groups is 1. The van der Waals surface area contributed by atoms with Gasteiger partial charge in [-0.1, -0.05) is 0 Å². The topological polar surface area (TPSA) is 70.4 Å². The highest BCUT2D eigenvalue weighted by Gasteiger charge is 2.11. The zero-order chi connectivity index (χ0) is 11.7. The van der Waals surface area contributed by atoms with Crippen LogP contribution in [0.2, 0.25) is 0 Å². The molecule has 0 aliphatic heterocycles. The molecule has 16 heavy (non-hydrogen) atoms. The Labute approximate surface area is 95.8 Å². The molecule has 82 valence electrons. The molecule has 0 aliphatic carbocycles. The smallest absolute Gasteiger partial charge is 0.339 e. The second-order valence-electron chi connectivity index (χ2n) is 3.29. The molecule has 0 saturated heterocycles. The number of aromatic nitrogens is 1. The van der Waals surface area contributed by atoms with Gasteiger partial charge in [-0.05, 0) is 25.1 Å². The number of rotatable bonds is 2. The van der Waals surface area contributed by atoms with Crippen molar-refractivity contribution in [3.8, 4) is 17.0 Å². The summed E-state index contributed by atoms with van der Waals surface area (Å²) in [6.07, 6.45) is 0. The fourth-order valence-electron chi connectivity index (χ4n) is 1.36. The van der Waals surface area contributed by atoms with Gasteiger partial charge in [-0.15, -0.1) is 11.3 Å². The molecule has 0 saturated carbocycles. The summed E-state index contributed by atoms with van der Waals surface area (Å²) in [5.74, 6) is -1.38. The molecule has 2 rings (SSSR count). The Hall–Kier alpha value is -1.88. The van der Waals surface area contributed by atoms with Crippen LogP contribution in [0.25, 0.3) is 11.3 Å². The average molecular weight is 235 g/mol. The molecule has 0 amide bonds. The van der Waals surface area contributed by atoms with Crippen molar-refractivity contribution in [3.63, 3.8) is 0 Å². The average Bonchev–Trinajstić information content (AvgIpc) is 2.65. The summed E-state index contributed by atoms with van der Waals surface area (Å²) in [6.45, 7) is 1.88. The van der Waals surface area contributed by atoms with E-state index < -0.39 is 5.97 Å². The van der Waals surface area contributed by atoms with Gasteiger partial charge < -0.3 is 10.2 Å². The van der Waals surface area contributed by atoms with E-state index >= 15 is 0 Å². The number of aromatic hydroxyl groups is 1. The summed E-state index contributed by atoms with van der Waals surface area (Å²) >= 11 is 1.50. The van der Waals surface area contributed by atoms with Gasteiger partial charge in [-0.2, -0.15) is 0 Å². The number of carboxylic acid groups (broad SMARTS) is 1. The van der Waals surface area contributed by atoms with E-state index in [-0.39, 0.29) is 11.3 Å². The van der Waals surface area contributed by atoms with E-state index in [2.05, 4.69) is 4.98 Å². The molecule has 0 unspecified atom stereocenters. The van der Waals surface area contributed by atoms with Gasteiger partial charge >= 0.3 is 5.97 Å². The van der Waals surface area contributed by atoms with Crippen molar-refractivity contribution < 1.29 is 15.0 Å². The Kier molecular flexibility index (Phi) is 2.62. The van der Waals surface area contributed by atoms with E-state index in [1.807, 2.05) is 12.3 Å². The van der Waals surface area contributed by atoms with Gasteiger partial charge in [-0.25, -0.2) is 9.78 Å². The lowest BCUT2D eigenvalue weighted by Gasteiger charge is -2.01. The van der Waals surface area contributed by atoms with Gasteiger partial charge in [0.15, 0.2) is 0 Å². The van der Waals surface area contributed by atoms with Gasteiger partial charge in [-0.3, -0.25) is 0 Å². The SMILES string of the molecule is Cc1nc(-c2ccc(O)c(C(=O)O)c2)cs1. The summed E-state index contributed by atoms with van der Waals surface area (Å²) in [7, 11) is 0. The summed E-state index contributed by atoms with van der Waals surface area (Å²) in [5, 5.41) is 21.0. The maximum atomic E-state index is 10.8. The van der Waals surface area contributed by atoms with Gasteiger partial charge in [0.2, 0.25) is 0 Å². The van der Waals surface area contributed by atoms with Crippen LogP contribution in [0.1, 0.15) is 15.4 Å². The van der Waals surface area contributed by atoms with E-state index in [0.717, 1.165) is 10.7 Å². The highest BCUT2D eigenvalue weighted by Crippen LogP contribution is 2.26. The number of hydrogen-bond donors (Lipinski definition) is 2. The Morgan fingerprint density at radius 2 is 2.19 bits per heavy atom. The Morgan fingerprint density at radius 3 is 2.75 bits per heavy atom. The van der Waals surface area contributed by atoms with Gasteiger partial charge in [0, 0.05) is 10.9 Å². The van der Waals surface area contributed by atoms with E-state index in [9.17, 15) is 9.90 Å². The number of benzene rings is 1. The van der Waals surface area contributed by atoms with Crippen LogP contribution >= 0.6 is 11.3 Å². The van der Waals surface area contributed by atoms with Gasteiger partial charge in [0.05, 0.1) is 10.7 Å². The Balaban J connectivity index is 2.51.